The van der Waals surface area contributed by atoms with Crippen LogP contribution >= 0.6 is 12.4 Å². The second-order valence-corrected chi connectivity index (χ2v) is 2.69. The Morgan fingerprint density at radius 1 is 1.27 bits per heavy atom. The zero-order valence-electron chi connectivity index (χ0n) is 7.58. The van der Waals surface area contributed by atoms with Crippen LogP contribution in [0.5, 0.6) is 0 Å². The number of hydrogen-bond acceptors (Lipinski definition) is 3. The molecule has 0 saturated heterocycles. The second-order valence-electron chi connectivity index (χ2n) is 2.69. The summed E-state index contributed by atoms with van der Waals surface area (Å²) in [6.45, 7) is 0. The highest BCUT2D eigenvalue weighted by atomic mass is 35.5. The minimum absolute atomic E-state index is 0. The van der Waals surface area contributed by atoms with Gasteiger partial charge >= 0.3 is 5.69 Å². The van der Waals surface area contributed by atoms with Crippen LogP contribution in [0.15, 0.2) is 46.4 Å². The van der Waals surface area contributed by atoms with Crippen molar-refractivity contribution in [3.8, 4) is 5.69 Å². The summed E-state index contributed by atoms with van der Waals surface area (Å²) < 4.78 is 1.31. The average molecular weight is 226 g/mol. The molecule has 0 bridgehead atoms. The van der Waals surface area contributed by atoms with Crippen molar-refractivity contribution in [3.63, 3.8) is 0 Å². The summed E-state index contributed by atoms with van der Waals surface area (Å²) in [5, 5.41) is 0. The minimum Gasteiger partial charge on any atom is -0.274 e. The molecule has 2 aromatic rings. The molecule has 0 aliphatic rings. The van der Waals surface area contributed by atoms with E-state index in [1.165, 1.54) is 16.8 Å². The van der Waals surface area contributed by atoms with Gasteiger partial charge in [0.15, 0.2) is 0 Å². The van der Waals surface area contributed by atoms with E-state index in [4.69, 9.17) is 0 Å². The molecule has 2 rings (SSSR count). The van der Waals surface area contributed by atoms with Crippen LogP contribution in [-0.2, 0) is 0 Å². The van der Waals surface area contributed by atoms with Gasteiger partial charge in [-0.05, 0) is 12.1 Å². The largest absolute Gasteiger partial charge is 0.332 e. The molecule has 2 heterocycles. The summed E-state index contributed by atoms with van der Waals surface area (Å²) in [6, 6.07) is 4.73. The highest BCUT2D eigenvalue weighted by Crippen LogP contribution is 1.98. The lowest BCUT2D eigenvalue weighted by Gasteiger charge is -2.01. The molecule has 15 heavy (non-hydrogen) atoms. The zero-order valence-corrected chi connectivity index (χ0v) is 8.40. The van der Waals surface area contributed by atoms with E-state index in [9.17, 15) is 9.59 Å². The Hall–Kier alpha value is -1.88. The molecule has 0 atom stereocenters. The third kappa shape index (κ3) is 2.32. The van der Waals surface area contributed by atoms with E-state index < -0.39 is 11.2 Å². The molecule has 0 aliphatic carbocycles. The quantitative estimate of drug-likeness (QED) is 0.761. The summed E-state index contributed by atoms with van der Waals surface area (Å²) in [6.07, 6.45) is 4.57. The zero-order chi connectivity index (χ0) is 9.97. The van der Waals surface area contributed by atoms with Crippen LogP contribution < -0.4 is 11.2 Å². The highest BCUT2D eigenvalue weighted by Gasteiger charge is 1.97. The van der Waals surface area contributed by atoms with Gasteiger partial charge in [-0.3, -0.25) is 19.3 Å². The van der Waals surface area contributed by atoms with Crippen molar-refractivity contribution in [1.29, 1.82) is 0 Å². The van der Waals surface area contributed by atoms with Crippen LogP contribution in [0.1, 0.15) is 0 Å². The molecular formula is C9H8ClN3O2. The average Bonchev–Trinajstić information content (AvgIpc) is 2.19. The lowest BCUT2D eigenvalue weighted by Crippen LogP contribution is -2.27. The third-order valence-electron chi connectivity index (χ3n) is 1.75. The number of halogens is 1. The van der Waals surface area contributed by atoms with Crippen LogP contribution in [0.4, 0.5) is 0 Å². The molecule has 0 radical (unpaired) electrons. The maximum atomic E-state index is 11.3. The Balaban J connectivity index is 0.00000112. The van der Waals surface area contributed by atoms with Gasteiger partial charge in [0.2, 0.25) is 0 Å². The number of nitrogens with one attached hydrogen (secondary N) is 1. The van der Waals surface area contributed by atoms with Gasteiger partial charge in [0.05, 0.1) is 11.9 Å². The second kappa shape index (κ2) is 4.56. The van der Waals surface area contributed by atoms with Crippen molar-refractivity contribution < 1.29 is 0 Å². The molecule has 0 unspecified atom stereocenters. The molecule has 0 aliphatic heterocycles. The summed E-state index contributed by atoms with van der Waals surface area (Å²) in [5.41, 5.74) is -0.255. The number of H-pyrrole nitrogens is 1. The Kier molecular flexibility index (Phi) is 3.41. The highest BCUT2D eigenvalue weighted by molar-refractivity contribution is 5.85. The van der Waals surface area contributed by atoms with Crippen LogP contribution in [-0.4, -0.2) is 14.5 Å². The van der Waals surface area contributed by atoms with Crippen LogP contribution in [0.3, 0.4) is 0 Å². The first-order valence-corrected chi connectivity index (χ1v) is 4.00. The lowest BCUT2D eigenvalue weighted by molar-refractivity contribution is 0.890. The van der Waals surface area contributed by atoms with E-state index in [0.29, 0.717) is 5.69 Å². The fourth-order valence-corrected chi connectivity index (χ4v) is 1.12. The Bertz CT molecular complexity index is 547. The van der Waals surface area contributed by atoms with Gasteiger partial charge in [-0.1, -0.05) is 0 Å². The molecule has 78 valence electrons. The van der Waals surface area contributed by atoms with E-state index >= 15 is 0 Å². The van der Waals surface area contributed by atoms with Gasteiger partial charge in [0.1, 0.15) is 0 Å². The number of rotatable bonds is 1. The van der Waals surface area contributed by atoms with Crippen molar-refractivity contribution in [2.75, 3.05) is 0 Å². The lowest BCUT2D eigenvalue weighted by atomic mass is 10.4. The van der Waals surface area contributed by atoms with Gasteiger partial charge in [-0.25, -0.2) is 4.79 Å². The predicted molar refractivity (Wildman–Crippen MR) is 57.7 cm³/mol. The Morgan fingerprint density at radius 2 is 2.07 bits per heavy atom. The fraction of sp³-hybridized carbons (Fsp3) is 0. The van der Waals surface area contributed by atoms with Gasteiger partial charge in [-0.15, -0.1) is 12.4 Å². The van der Waals surface area contributed by atoms with E-state index in [1.807, 2.05) is 0 Å². The normalized spacial score (nSPS) is 9.33. The number of aromatic amines is 1. The number of pyridine rings is 1. The fourth-order valence-electron chi connectivity index (χ4n) is 1.12. The van der Waals surface area contributed by atoms with Crippen molar-refractivity contribution in [1.82, 2.24) is 14.5 Å². The van der Waals surface area contributed by atoms with Crippen molar-refractivity contribution in [2.24, 2.45) is 0 Å². The molecule has 0 saturated carbocycles. The number of nitrogens with zero attached hydrogens (tertiary/aromatic N) is 2. The van der Waals surface area contributed by atoms with Gasteiger partial charge in [0.25, 0.3) is 5.56 Å². The first-order chi connectivity index (χ1) is 6.77. The van der Waals surface area contributed by atoms with E-state index in [1.54, 1.807) is 24.5 Å². The van der Waals surface area contributed by atoms with E-state index in [0.717, 1.165) is 0 Å². The summed E-state index contributed by atoms with van der Waals surface area (Å²) in [4.78, 5) is 28.1. The SMILES string of the molecule is Cl.O=c1ccn(-c2cccnc2)c(=O)[nH]1. The summed E-state index contributed by atoms with van der Waals surface area (Å²) in [7, 11) is 0. The summed E-state index contributed by atoms with van der Waals surface area (Å²) >= 11 is 0. The molecule has 1 N–H and O–H groups in total. The predicted octanol–water partition coefficient (Wildman–Crippen LogP) is 0.343. The first kappa shape index (κ1) is 11.2. The van der Waals surface area contributed by atoms with Crippen molar-refractivity contribution in [3.05, 3.63) is 57.6 Å². The molecule has 0 fully saturated rings. The summed E-state index contributed by atoms with van der Waals surface area (Å²) in [5.74, 6) is 0. The molecule has 0 amide bonds. The standard InChI is InChI=1S/C9H7N3O2.ClH/c13-8-3-5-12(9(14)11-8)7-2-1-4-10-6-7;/h1-6H,(H,11,13,14);1H. The molecule has 2 aromatic heterocycles. The topological polar surface area (TPSA) is 67.8 Å². The maximum absolute atomic E-state index is 11.3. The van der Waals surface area contributed by atoms with E-state index in [-0.39, 0.29) is 12.4 Å². The molecule has 0 spiro atoms. The van der Waals surface area contributed by atoms with Gasteiger partial charge < -0.3 is 0 Å². The Labute approximate surface area is 90.8 Å². The number of hydrogen-bond donors (Lipinski definition) is 1. The maximum Gasteiger partial charge on any atom is 0.332 e. The van der Waals surface area contributed by atoms with Gasteiger partial charge in [0, 0.05) is 18.5 Å². The first-order valence-electron chi connectivity index (χ1n) is 4.00. The van der Waals surface area contributed by atoms with Crippen molar-refractivity contribution >= 4 is 12.4 Å². The minimum atomic E-state index is -0.467. The van der Waals surface area contributed by atoms with Crippen molar-refractivity contribution in [2.45, 2.75) is 0 Å². The van der Waals surface area contributed by atoms with Crippen LogP contribution in [0.25, 0.3) is 5.69 Å². The molecular weight excluding hydrogens is 218 g/mol. The third-order valence-corrected chi connectivity index (χ3v) is 1.75. The van der Waals surface area contributed by atoms with Crippen LogP contribution in [0.2, 0.25) is 0 Å². The Morgan fingerprint density at radius 3 is 2.67 bits per heavy atom. The number of aromatic nitrogens is 3. The van der Waals surface area contributed by atoms with Gasteiger partial charge in [-0.2, -0.15) is 0 Å². The molecule has 0 aromatic carbocycles. The molecule has 5 nitrogen and oxygen atoms in total. The smallest absolute Gasteiger partial charge is 0.274 e. The molecule has 6 heteroatoms. The monoisotopic (exact) mass is 225 g/mol. The van der Waals surface area contributed by atoms with Crippen LogP contribution in [0, 0.1) is 0 Å². The van der Waals surface area contributed by atoms with E-state index in [2.05, 4.69) is 9.97 Å².